The van der Waals surface area contributed by atoms with E-state index < -0.39 is 12.3 Å². The average molecular weight is 1430 g/mol. The highest BCUT2D eigenvalue weighted by Crippen LogP contribution is 2.23. The Balaban J connectivity index is 0.000000225. The Morgan fingerprint density at radius 1 is 0.229 bits per heavy atom. The molecule has 0 atom stereocenters. The summed E-state index contributed by atoms with van der Waals surface area (Å²) in [6, 6.07) is 70.4. The summed E-state index contributed by atoms with van der Waals surface area (Å²) >= 11 is 0. The van der Waals surface area contributed by atoms with Gasteiger partial charge in [0.25, 0.3) is 0 Å². The van der Waals surface area contributed by atoms with Crippen molar-refractivity contribution in [3.05, 3.63) is 288 Å². The van der Waals surface area contributed by atoms with Gasteiger partial charge in [0, 0.05) is 5.56 Å². The van der Waals surface area contributed by atoms with E-state index in [9.17, 15) is 26.3 Å². The predicted octanol–water partition coefficient (Wildman–Crippen LogP) is 23.2. The van der Waals surface area contributed by atoms with Crippen LogP contribution in [0.1, 0.15) is 205 Å². The maximum Gasteiger partial charge on any atom is 0.122 e. The lowest BCUT2D eigenvalue weighted by Crippen LogP contribution is -2.67. The van der Waals surface area contributed by atoms with E-state index in [2.05, 4.69) is 103 Å². The van der Waals surface area contributed by atoms with E-state index in [0.29, 0.717) is 0 Å². The third-order valence-electron chi connectivity index (χ3n) is 22.0. The first-order valence-corrected chi connectivity index (χ1v) is 40.7. The van der Waals surface area contributed by atoms with Crippen LogP contribution in [0.2, 0.25) is 12.6 Å². The molecule has 566 valence electrons. The van der Waals surface area contributed by atoms with Crippen LogP contribution in [0.25, 0.3) is 0 Å². The molecule has 9 aromatic carbocycles. The standard InChI is InChI=1S/2C27H23BF3.C25H46N.C16H36N/c2*29-25-14-8-22(9-15-25)28(23-10-16-26(30)17-11-23,24-12-18-27(31)19-13-24)20-4-7-21-5-2-1-3-6-21;1-4-5-6-7-8-9-10-11-12-13-14-15-16-20-23-26(2,3)24-25-21-18-17-19-22-25;1-5-9-13-17(14-10-6-2,15-11-7-3)16-12-8-4/h2*1-3,5-6,8-19H,4,7,20H2;17-19,21-22H,4-16,20,23-24H2,1-3H3;5-16H2,1-4H3/q2*-1;2*+1. The molecule has 0 heterocycles. The minimum Gasteiger partial charge on any atom is -0.325 e. The molecule has 0 spiro atoms. The first-order chi connectivity index (χ1) is 51.0. The van der Waals surface area contributed by atoms with Crippen LogP contribution in [-0.4, -0.2) is 68.1 Å². The molecule has 2 nitrogen and oxygen atoms in total. The van der Waals surface area contributed by atoms with Crippen LogP contribution >= 0.6 is 0 Å². The minimum atomic E-state index is -1.56. The second-order valence-corrected chi connectivity index (χ2v) is 30.7. The van der Waals surface area contributed by atoms with Crippen molar-refractivity contribution in [2.24, 2.45) is 0 Å². The predicted molar refractivity (Wildman–Crippen MR) is 444 cm³/mol. The molecule has 0 unspecified atom stereocenters. The van der Waals surface area contributed by atoms with Gasteiger partial charge in [-0.25, -0.2) is 26.3 Å². The second-order valence-electron chi connectivity index (χ2n) is 30.7. The molecule has 0 fully saturated rings. The number of aryl methyl sites for hydroxylation is 2. The first kappa shape index (κ1) is 86.5. The van der Waals surface area contributed by atoms with Gasteiger partial charge in [-0.15, -0.1) is 0 Å². The molecule has 0 saturated carbocycles. The number of quaternary nitrogens is 2. The van der Waals surface area contributed by atoms with Crippen molar-refractivity contribution in [1.82, 2.24) is 0 Å². The molecule has 0 aliphatic rings. The Morgan fingerprint density at radius 3 is 0.686 bits per heavy atom. The summed E-state index contributed by atoms with van der Waals surface area (Å²) in [5.41, 5.74) is 9.65. The highest BCUT2D eigenvalue weighted by Gasteiger charge is 2.32. The summed E-state index contributed by atoms with van der Waals surface area (Å²) in [7, 11) is 4.74. The molecule has 105 heavy (non-hydrogen) atoms. The molecule has 0 aliphatic heterocycles. The summed E-state index contributed by atoms with van der Waals surface area (Å²) in [5.74, 6) is -1.86. The van der Waals surface area contributed by atoms with E-state index >= 15 is 0 Å². The van der Waals surface area contributed by atoms with Gasteiger partial charge in [-0.3, -0.25) is 0 Å². The van der Waals surface area contributed by atoms with Gasteiger partial charge < -0.3 is 8.97 Å². The lowest BCUT2D eigenvalue weighted by atomic mass is 9.14. The van der Waals surface area contributed by atoms with E-state index in [4.69, 9.17) is 0 Å². The van der Waals surface area contributed by atoms with Gasteiger partial charge in [0.2, 0.25) is 0 Å². The Labute approximate surface area is 632 Å². The molecule has 0 N–H and O–H groups in total. The fourth-order valence-electron chi connectivity index (χ4n) is 16.0. The van der Waals surface area contributed by atoms with Crippen LogP contribution in [0.5, 0.6) is 0 Å². The zero-order valence-electron chi connectivity index (χ0n) is 65.4. The maximum atomic E-state index is 13.8. The van der Waals surface area contributed by atoms with Crippen molar-refractivity contribution in [2.45, 2.75) is 221 Å². The van der Waals surface area contributed by atoms with E-state index in [1.807, 2.05) is 36.4 Å². The van der Waals surface area contributed by atoms with Gasteiger partial charge >= 0.3 is 0 Å². The second kappa shape index (κ2) is 48.7. The largest absolute Gasteiger partial charge is 0.325 e. The molecule has 9 rings (SSSR count). The summed E-state index contributed by atoms with van der Waals surface area (Å²) in [4.78, 5) is 0. The Hall–Kier alpha value is -7.39. The molecule has 0 bridgehead atoms. The third-order valence-corrected chi connectivity index (χ3v) is 22.0. The smallest absolute Gasteiger partial charge is 0.122 e. The van der Waals surface area contributed by atoms with Crippen LogP contribution < -0.4 is 32.8 Å². The fraction of sp³-hybridized carbons (Fsp3) is 0.432. The van der Waals surface area contributed by atoms with Gasteiger partial charge in [-0.1, -0.05) is 314 Å². The zero-order valence-corrected chi connectivity index (χ0v) is 65.4. The highest BCUT2D eigenvalue weighted by molar-refractivity contribution is 7.12. The number of halogens is 6. The molecule has 10 heteroatoms. The molecular formula is C95H128B2F6N2. The lowest BCUT2D eigenvalue weighted by molar-refractivity contribution is -0.929. The van der Waals surface area contributed by atoms with Crippen LogP contribution in [0, 0.1) is 34.9 Å². The van der Waals surface area contributed by atoms with Gasteiger partial charge in [0.05, 0.1) is 59.1 Å². The first-order valence-electron chi connectivity index (χ1n) is 40.7. The van der Waals surface area contributed by atoms with Crippen molar-refractivity contribution in [2.75, 3.05) is 46.8 Å². The van der Waals surface area contributed by atoms with Crippen LogP contribution in [0.15, 0.2) is 237 Å². The number of nitrogens with zero attached hydrogens (tertiary/aromatic N) is 2. The van der Waals surface area contributed by atoms with Gasteiger partial charge in [-0.2, -0.15) is 45.4 Å². The van der Waals surface area contributed by atoms with Gasteiger partial charge in [-0.05, 0) is 135 Å². The summed E-state index contributed by atoms with van der Waals surface area (Å²) in [6.45, 7) is 19.8. The molecule has 0 aliphatic carbocycles. The molecule has 0 aromatic heterocycles. The summed E-state index contributed by atoms with van der Waals surface area (Å²) in [5, 5.41) is 0. The quantitative estimate of drug-likeness (QED) is 0.0155. The number of hydrogen-bond acceptors (Lipinski definition) is 0. The van der Waals surface area contributed by atoms with Crippen molar-refractivity contribution in [3.8, 4) is 0 Å². The SMILES string of the molecule is CCCCCCCCCCCCCCCC[N+](C)(C)Cc1ccccc1.CCCC[N+](CCCC)(CCCC)CCCC.Fc1ccc([B-](CCCc2ccccc2)(c2ccc(F)cc2)c2ccc(F)cc2)cc1.Fc1ccc([B-](CCCc2ccccc2)(c2ccc(F)cc2)c2ccc(F)cc2)cc1. The number of hydrogen-bond donors (Lipinski definition) is 0. The van der Waals surface area contributed by atoms with E-state index in [1.165, 1.54) is 268 Å². The fourth-order valence-corrected chi connectivity index (χ4v) is 16.0. The lowest BCUT2D eigenvalue weighted by Gasteiger charge is -2.43. The normalized spacial score (nSPS) is 11.6. The van der Waals surface area contributed by atoms with Crippen molar-refractivity contribution < 1.29 is 35.3 Å². The van der Waals surface area contributed by atoms with Crippen LogP contribution in [0.4, 0.5) is 26.3 Å². The topological polar surface area (TPSA) is 0 Å². The Kier molecular flexibility index (Phi) is 40.2. The Bertz CT molecular complexity index is 3200. The monoisotopic (exact) mass is 1430 g/mol. The minimum absolute atomic E-state index is 0.309. The van der Waals surface area contributed by atoms with Crippen LogP contribution in [0.3, 0.4) is 0 Å². The Morgan fingerprint density at radius 2 is 0.448 bits per heavy atom. The van der Waals surface area contributed by atoms with Gasteiger partial charge in [0.15, 0.2) is 0 Å². The van der Waals surface area contributed by atoms with E-state index in [-0.39, 0.29) is 34.9 Å². The van der Waals surface area contributed by atoms with Crippen molar-refractivity contribution >= 4 is 45.1 Å². The maximum absolute atomic E-state index is 13.8. The average Bonchev–Trinajstić information content (AvgIpc) is 0.761. The van der Waals surface area contributed by atoms with E-state index in [1.54, 1.807) is 72.8 Å². The zero-order chi connectivity index (χ0) is 75.3. The number of rotatable bonds is 43. The molecule has 0 saturated heterocycles. The molecule has 9 aromatic rings. The van der Waals surface area contributed by atoms with Crippen molar-refractivity contribution in [1.29, 1.82) is 0 Å². The van der Waals surface area contributed by atoms with Crippen molar-refractivity contribution in [3.63, 3.8) is 0 Å². The molecule has 0 radical (unpaired) electrons. The van der Waals surface area contributed by atoms with Gasteiger partial charge in [0.1, 0.15) is 41.4 Å². The molecule has 0 amide bonds. The number of unbranched alkanes of at least 4 members (excludes halogenated alkanes) is 17. The van der Waals surface area contributed by atoms with E-state index in [0.717, 1.165) is 82.1 Å². The summed E-state index contributed by atoms with van der Waals surface area (Å²) in [6.07, 6.45) is 33.2. The summed E-state index contributed by atoms with van der Waals surface area (Å²) < 4.78 is 85.1. The number of benzene rings is 9. The third kappa shape index (κ3) is 30.4. The molecular weight excluding hydrogens is 1300 g/mol. The van der Waals surface area contributed by atoms with Crippen LogP contribution in [-0.2, 0) is 19.4 Å². The highest BCUT2D eigenvalue weighted by atomic mass is 19.1.